The first-order valence-corrected chi connectivity index (χ1v) is 12.4. The Balaban J connectivity index is 1.56. The fraction of sp³-hybridized carbons (Fsp3) is 0.464. The van der Waals surface area contributed by atoms with Gasteiger partial charge in [0.25, 0.3) is 5.91 Å². The molecule has 2 heterocycles. The second-order valence-electron chi connectivity index (χ2n) is 10.6. The van der Waals surface area contributed by atoms with E-state index >= 15 is 0 Å². The molecule has 198 valence electrons. The summed E-state index contributed by atoms with van der Waals surface area (Å²) in [5.41, 5.74) is 1.51. The second-order valence-corrected chi connectivity index (χ2v) is 10.6. The molecule has 3 amide bonds. The van der Waals surface area contributed by atoms with Crippen molar-refractivity contribution >= 4 is 18.1 Å². The van der Waals surface area contributed by atoms with Gasteiger partial charge in [0.05, 0.1) is 20.3 Å². The first kappa shape index (κ1) is 26.3. The van der Waals surface area contributed by atoms with E-state index in [2.05, 4.69) is 0 Å². The Morgan fingerprint density at radius 2 is 1.76 bits per heavy atom. The number of nitrogens with zero attached hydrogens (tertiary/aromatic N) is 2. The number of hydrogen-bond donors (Lipinski definition) is 1. The number of rotatable bonds is 5. The highest BCUT2D eigenvalue weighted by molar-refractivity contribution is 6.06. The molecule has 3 atom stereocenters. The molecule has 9 heteroatoms. The summed E-state index contributed by atoms with van der Waals surface area (Å²) in [5.74, 6) is 0.766. The van der Waals surface area contributed by atoms with E-state index in [-0.39, 0.29) is 30.5 Å². The monoisotopic (exact) mass is 510 g/mol. The van der Waals surface area contributed by atoms with E-state index in [0.717, 1.165) is 22.6 Å². The Morgan fingerprint density at radius 1 is 1.08 bits per heavy atom. The maximum Gasteiger partial charge on any atom is 0.414 e. The number of piperidine rings is 1. The van der Waals surface area contributed by atoms with Gasteiger partial charge < -0.3 is 24.2 Å². The van der Waals surface area contributed by atoms with Gasteiger partial charge >= 0.3 is 12.2 Å². The summed E-state index contributed by atoms with van der Waals surface area (Å²) in [6.07, 6.45) is -0.889. The smallest absolute Gasteiger partial charge is 0.414 e. The van der Waals surface area contributed by atoms with Crippen molar-refractivity contribution < 1.29 is 33.7 Å². The fourth-order valence-corrected chi connectivity index (χ4v) is 5.08. The average molecular weight is 511 g/mol. The minimum absolute atomic E-state index is 0.0355. The van der Waals surface area contributed by atoms with E-state index in [1.165, 1.54) is 0 Å². The number of fused-ring (bicyclic) bond motifs is 1. The van der Waals surface area contributed by atoms with E-state index in [1.54, 1.807) is 30.2 Å². The molecule has 4 rings (SSSR count). The average Bonchev–Trinajstić information content (AvgIpc) is 3.18. The van der Waals surface area contributed by atoms with E-state index in [4.69, 9.17) is 14.2 Å². The standard InChI is InChI=1S/C28H34N2O7/c1-17-24(16-36-21-11-8-19-15-30(26(32)33)25(31)23(19)14-21)22(18-6-9-20(35-5)10-7-18)12-13-29(17)27(34)37-28(2,3)4/h6-11,14,17,22,24H,12-13,15-16H2,1-5H3,(H,32,33). The minimum atomic E-state index is -1.27. The number of hydrogen-bond acceptors (Lipinski definition) is 6. The summed E-state index contributed by atoms with van der Waals surface area (Å²) in [6.45, 7) is 8.44. The lowest BCUT2D eigenvalue weighted by atomic mass is 9.76. The zero-order chi connectivity index (χ0) is 26.9. The quantitative estimate of drug-likeness (QED) is 0.594. The molecule has 2 aromatic carbocycles. The van der Waals surface area contributed by atoms with Crippen LogP contribution in [0.2, 0.25) is 0 Å². The number of carbonyl (C=O) groups is 3. The highest BCUT2D eigenvalue weighted by atomic mass is 16.6. The normalized spacial score (nSPS) is 21.4. The van der Waals surface area contributed by atoms with Gasteiger partial charge in [0.1, 0.15) is 17.1 Å². The fourth-order valence-electron chi connectivity index (χ4n) is 5.08. The molecule has 0 aromatic heterocycles. The van der Waals surface area contributed by atoms with E-state index in [0.29, 0.717) is 30.0 Å². The molecule has 1 N–H and O–H groups in total. The Kier molecular flexibility index (Phi) is 7.34. The summed E-state index contributed by atoms with van der Waals surface area (Å²) >= 11 is 0. The number of imide groups is 1. The van der Waals surface area contributed by atoms with Crippen LogP contribution in [-0.4, -0.2) is 64.9 Å². The number of benzene rings is 2. The summed E-state index contributed by atoms with van der Waals surface area (Å²) in [5, 5.41) is 9.26. The number of carboxylic acid groups (broad SMARTS) is 1. The van der Waals surface area contributed by atoms with Gasteiger partial charge in [-0.2, -0.15) is 0 Å². The van der Waals surface area contributed by atoms with Crippen molar-refractivity contribution in [3.8, 4) is 11.5 Å². The second kappa shape index (κ2) is 10.3. The molecule has 3 unspecified atom stereocenters. The highest BCUT2D eigenvalue weighted by Crippen LogP contribution is 2.39. The molecule has 2 aromatic rings. The summed E-state index contributed by atoms with van der Waals surface area (Å²) < 4.78 is 17.2. The maximum atomic E-state index is 13.0. The molecule has 0 bridgehead atoms. The van der Waals surface area contributed by atoms with Crippen molar-refractivity contribution in [1.29, 1.82) is 0 Å². The molecule has 0 aliphatic carbocycles. The van der Waals surface area contributed by atoms with Crippen LogP contribution in [0, 0.1) is 5.92 Å². The molecule has 0 saturated carbocycles. The van der Waals surface area contributed by atoms with Gasteiger partial charge in [-0.3, -0.25) is 4.79 Å². The highest BCUT2D eigenvalue weighted by Gasteiger charge is 2.40. The number of likely N-dealkylation sites (tertiary alicyclic amines) is 1. The third kappa shape index (κ3) is 5.65. The van der Waals surface area contributed by atoms with E-state index in [1.807, 2.05) is 52.0 Å². The molecule has 2 aliphatic rings. The van der Waals surface area contributed by atoms with Gasteiger partial charge in [-0.1, -0.05) is 18.2 Å². The van der Waals surface area contributed by atoms with Crippen molar-refractivity contribution in [3.63, 3.8) is 0 Å². The van der Waals surface area contributed by atoms with Crippen LogP contribution in [-0.2, 0) is 11.3 Å². The third-order valence-corrected chi connectivity index (χ3v) is 7.04. The molecule has 0 radical (unpaired) electrons. The van der Waals surface area contributed by atoms with Crippen LogP contribution >= 0.6 is 0 Å². The summed E-state index contributed by atoms with van der Waals surface area (Å²) in [7, 11) is 1.63. The lowest BCUT2D eigenvalue weighted by Gasteiger charge is -2.44. The topological polar surface area (TPSA) is 106 Å². The van der Waals surface area contributed by atoms with Crippen LogP contribution in [0.3, 0.4) is 0 Å². The first-order valence-electron chi connectivity index (χ1n) is 12.4. The Hall–Kier alpha value is -3.75. The molecular weight excluding hydrogens is 476 g/mol. The van der Waals surface area contributed by atoms with Crippen LogP contribution in [0.1, 0.15) is 61.5 Å². The van der Waals surface area contributed by atoms with Crippen LogP contribution < -0.4 is 9.47 Å². The lowest BCUT2D eigenvalue weighted by molar-refractivity contribution is -0.00607. The zero-order valence-electron chi connectivity index (χ0n) is 21.9. The van der Waals surface area contributed by atoms with E-state index < -0.39 is 17.6 Å². The van der Waals surface area contributed by atoms with Crippen LogP contribution in [0.5, 0.6) is 11.5 Å². The van der Waals surface area contributed by atoms with Crippen molar-refractivity contribution in [3.05, 3.63) is 59.2 Å². The predicted molar refractivity (Wildman–Crippen MR) is 136 cm³/mol. The van der Waals surface area contributed by atoms with Gasteiger partial charge in [0.2, 0.25) is 0 Å². The largest absolute Gasteiger partial charge is 0.497 e. The Labute approximate surface area is 216 Å². The van der Waals surface area contributed by atoms with Gasteiger partial charge in [-0.05, 0) is 75.4 Å². The Morgan fingerprint density at radius 3 is 2.38 bits per heavy atom. The van der Waals surface area contributed by atoms with Gasteiger partial charge in [0, 0.05) is 24.1 Å². The molecule has 37 heavy (non-hydrogen) atoms. The molecule has 9 nitrogen and oxygen atoms in total. The number of carbonyl (C=O) groups excluding carboxylic acids is 2. The molecular formula is C28H34N2O7. The number of ether oxygens (including phenoxy) is 3. The van der Waals surface area contributed by atoms with Crippen molar-refractivity contribution in [2.45, 2.75) is 58.2 Å². The van der Waals surface area contributed by atoms with Crippen molar-refractivity contribution in [2.24, 2.45) is 5.92 Å². The SMILES string of the molecule is COc1ccc(C2CCN(C(=O)OC(C)(C)C)C(C)C2COc2ccc3c(c2)C(=O)N(C(=O)O)C3)cc1. The van der Waals surface area contributed by atoms with Gasteiger partial charge in [-0.15, -0.1) is 0 Å². The molecule has 1 saturated heterocycles. The number of methoxy groups -OCH3 is 1. The van der Waals surface area contributed by atoms with Gasteiger partial charge in [-0.25, -0.2) is 14.5 Å². The van der Waals surface area contributed by atoms with Crippen molar-refractivity contribution in [1.82, 2.24) is 9.80 Å². The predicted octanol–water partition coefficient (Wildman–Crippen LogP) is 5.14. The maximum absolute atomic E-state index is 13.0. The lowest BCUT2D eigenvalue weighted by Crippen LogP contribution is -2.52. The van der Waals surface area contributed by atoms with Crippen molar-refractivity contribution in [2.75, 3.05) is 20.3 Å². The third-order valence-electron chi connectivity index (χ3n) is 7.04. The molecule has 1 fully saturated rings. The number of amides is 3. The van der Waals surface area contributed by atoms with Crippen LogP contribution in [0.15, 0.2) is 42.5 Å². The van der Waals surface area contributed by atoms with Gasteiger partial charge in [0.15, 0.2) is 0 Å². The Bertz CT molecular complexity index is 1170. The summed E-state index contributed by atoms with van der Waals surface area (Å²) in [6, 6.07) is 12.8. The molecule has 0 spiro atoms. The van der Waals surface area contributed by atoms with Crippen LogP contribution in [0.4, 0.5) is 9.59 Å². The van der Waals surface area contributed by atoms with E-state index in [9.17, 15) is 19.5 Å². The molecule has 2 aliphatic heterocycles. The first-order chi connectivity index (χ1) is 17.5. The minimum Gasteiger partial charge on any atom is -0.497 e. The zero-order valence-corrected chi connectivity index (χ0v) is 21.9. The summed E-state index contributed by atoms with van der Waals surface area (Å²) in [4.78, 5) is 39.4. The van der Waals surface area contributed by atoms with Crippen LogP contribution in [0.25, 0.3) is 0 Å².